The molecule has 1 amide bonds. The van der Waals surface area contributed by atoms with Gasteiger partial charge in [-0.15, -0.1) is 0 Å². The molecule has 0 bridgehead atoms. The van der Waals surface area contributed by atoms with Crippen LogP contribution < -0.4 is 10.6 Å². The van der Waals surface area contributed by atoms with E-state index < -0.39 is 0 Å². The number of amides is 1. The Balaban J connectivity index is 2.63. The van der Waals surface area contributed by atoms with E-state index in [0.717, 1.165) is 0 Å². The summed E-state index contributed by atoms with van der Waals surface area (Å²) in [6, 6.07) is 6.16. The third-order valence-corrected chi connectivity index (χ3v) is 2.69. The topological polar surface area (TPSA) is 41.1 Å². The molecule has 0 spiro atoms. The van der Waals surface area contributed by atoms with Crippen molar-refractivity contribution in [2.75, 3.05) is 13.6 Å². The van der Waals surface area contributed by atoms with Crippen LogP contribution >= 0.6 is 0 Å². The molecular formula is C13H19FN2O. The lowest BCUT2D eigenvalue weighted by Gasteiger charge is -2.18. The first-order valence-corrected chi connectivity index (χ1v) is 5.75. The molecule has 2 N–H and O–H groups in total. The summed E-state index contributed by atoms with van der Waals surface area (Å²) >= 11 is 0. The minimum Gasteiger partial charge on any atom is -0.349 e. The van der Waals surface area contributed by atoms with Crippen molar-refractivity contribution < 1.29 is 9.18 Å². The van der Waals surface area contributed by atoms with E-state index in [1.54, 1.807) is 32.2 Å². The number of rotatable bonds is 5. The van der Waals surface area contributed by atoms with Gasteiger partial charge >= 0.3 is 0 Å². The van der Waals surface area contributed by atoms with Gasteiger partial charge in [0.05, 0.1) is 6.04 Å². The van der Waals surface area contributed by atoms with E-state index in [4.69, 9.17) is 0 Å². The highest BCUT2D eigenvalue weighted by atomic mass is 19.1. The molecule has 0 aromatic heterocycles. The second kappa shape index (κ2) is 6.35. The molecule has 0 saturated carbocycles. The Labute approximate surface area is 101 Å². The van der Waals surface area contributed by atoms with Crippen LogP contribution in [0, 0.1) is 11.7 Å². The van der Waals surface area contributed by atoms with E-state index in [0.29, 0.717) is 12.1 Å². The van der Waals surface area contributed by atoms with Crippen LogP contribution in [-0.2, 0) is 4.79 Å². The lowest BCUT2D eigenvalue weighted by molar-refractivity contribution is -0.125. The molecule has 17 heavy (non-hydrogen) atoms. The number of nitrogens with one attached hydrogen (secondary N) is 2. The van der Waals surface area contributed by atoms with Crippen LogP contribution in [0.25, 0.3) is 0 Å². The van der Waals surface area contributed by atoms with E-state index in [1.165, 1.54) is 6.07 Å². The zero-order chi connectivity index (χ0) is 12.8. The molecule has 1 unspecified atom stereocenters. The van der Waals surface area contributed by atoms with Gasteiger partial charge in [-0.25, -0.2) is 4.39 Å². The van der Waals surface area contributed by atoms with Crippen LogP contribution in [0.15, 0.2) is 24.3 Å². The molecule has 1 rings (SSSR count). The second-order valence-electron chi connectivity index (χ2n) is 4.21. The predicted octanol–water partition coefficient (Wildman–Crippen LogP) is 1.86. The molecule has 4 heteroatoms. The van der Waals surface area contributed by atoms with Crippen molar-refractivity contribution in [3.8, 4) is 0 Å². The SMILES string of the molecule is CNCC(C)C(=O)N[C@H](C)c1ccccc1F. The number of carbonyl (C=O) groups excluding carboxylic acids is 1. The van der Waals surface area contributed by atoms with Crippen LogP contribution in [-0.4, -0.2) is 19.5 Å². The Morgan fingerprint density at radius 3 is 2.59 bits per heavy atom. The smallest absolute Gasteiger partial charge is 0.224 e. The fourth-order valence-corrected chi connectivity index (χ4v) is 1.66. The van der Waals surface area contributed by atoms with Gasteiger partial charge in [-0.1, -0.05) is 25.1 Å². The van der Waals surface area contributed by atoms with E-state index in [-0.39, 0.29) is 23.7 Å². The molecule has 0 aliphatic carbocycles. The predicted molar refractivity (Wildman–Crippen MR) is 66.0 cm³/mol. The van der Waals surface area contributed by atoms with Crippen LogP contribution in [0.5, 0.6) is 0 Å². The molecule has 0 aliphatic heterocycles. The van der Waals surface area contributed by atoms with Crippen molar-refractivity contribution in [2.24, 2.45) is 5.92 Å². The summed E-state index contributed by atoms with van der Waals surface area (Å²) in [5.41, 5.74) is 0.512. The molecule has 0 saturated heterocycles. The summed E-state index contributed by atoms with van der Waals surface area (Å²) in [5, 5.41) is 5.74. The number of benzene rings is 1. The fourth-order valence-electron chi connectivity index (χ4n) is 1.66. The van der Waals surface area contributed by atoms with Crippen molar-refractivity contribution in [3.05, 3.63) is 35.6 Å². The maximum Gasteiger partial charge on any atom is 0.224 e. The van der Waals surface area contributed by atoms with E-state index in [2.05, 4.69) is 10.6 Å². The maximum absolute atomic E-state index is 13.5. The summed E-state index contributed by atoms with van der Waals surface area (Å²) in [7, 11) is 1.80. The molecule has 1 aromatic carbocycles. The van der Waals surface area contributed by atoms with Gasteiger partial charge < -0.3 is 10.6 Å². The zero-order valence-electron chi connectivity index (χ0n) is 10.5. The first-order valence-electron chi connectivity index (χ1n) is 5.75. The van der Waals surface area contributed by atoms with Gasteiger partial charge in [0, 0.05) is 18.0 Å². The molecule has 94 valence electrons. The normalized spacial score (nSPS) is 14.1. The quantitative estimate of drug-likeness (QED) is 0.822. The van der Waals surface area contributed by atoms with Gasteiger partial charge in [0.1, 0.15) is 5.82 Å². The molecule has 3 nitrogen and oxygen atoms in total. The van der Waals surface area contributed by atoms with Gasteiger partial charge in [0.25, 0.3) is 0 Å². The second-order valence-corrected chi connectivity index (χ2v) is 4.21. The highest BCUT2D eigenvalue weighted by Crippen LogP contribution is 2.16. The third kappa shape index (κ3) is 3.82. The summed E-state index contributed by atoms with van der Waals surface area (Å²) < 4.78 is 13.5. The Morgan fingerprint density at radius 1 is 1.35 bits per heavy atom. The Bertz CT molecular complexity index is 381. The van der Waals surface area contributed by atoms with Gasteiger partial charge in [0.15, 0.2) is 0 Å². The molecule has 0 radical (unpaired) electrons. The van der Waals surface area contributed by atoms with Crippen molar-refractivity contribution >= 4 is 5.91 Å². The lowest BCUT2D eigenvalue weighted by Crippen LogP contribution is -2.36. The monoisotopic (exact) mass is 238 g/mol. The van der Waals surface area contributed by atoms with Crippen LogP contribution in [0.4, 0.5) is 4.39 Å². The number of carbonyl (C=O) groups is 1. The molecule has 0 aliphatic rings. The summed E-state index contributed by atoms with van der Waals surface area (Å²) in [6.45, 7) is 4.22. The number of hydrogen-bond acceptors (Lipinski definition) is 2. The van der Waals surface area contributed by atoms with Gasteiger partial charge in [-0.3, -0.25) is 4.79 Å². The molecular weight excluding hydrogens is 219 g/mol. The van der Waals surface area contributed by atoms with Crippen LogP contribution in [0.2, 0.25) is 0 Å². The minimum absolute atomic E-state index is 0.0740. The molecule has 0 heterocycles. The first kappa shape index (κ1) is 13.6. The number of hydrogen-bond donors (Lipinski definition) is 2. The molecule has 2 atom stereocenters. The van der Waals surface area contributed by atoms with E-state index in [1.807, 2.05) is 6.92 Å². The standard InChI is InChI=1S/C13H19FN2O/c1-9(8-15-3)13(17)16-10(2)11-6-4-5-7-12(11)14/h4-7,9-10,15H,8H2,1-3H3,(H,16,17)/t9?,10-/m1/s1. The largest absolute Gasteiger partial charge is 0.349 e. The Kier molecular flexibility index (Phi) is 5.10. The van der Waals surface area contributed by atoms with Crippen LogP contribution in [0.1, 0.15) is 25.5 Å². The average molecular weight is 238 g/mol. The first-order chi connectivity index (χ1) is 8.06. The van der Waals surface area contributed by atoms with E-state index in [9.17, 15) is 9.18 Å². The molecule has 0 fully saturated rings. The van der Waals surface area contributed by atoms with Crippen molar-refractivity contribution in [2.45, 2.75) is 19.9 Å². The van der Waals surface area contributed by atoms with Crippen molar-refractivity contribution in [3.63, 3.8) is 0 Å². The van der Waals surface area contributed by atoms with Crippen molar-refractivity contribution in [1.29, 1.82) is 0 Å². The third-order valence-electron chi connectivity index (χ3n) is 2.69. The van der Waals surface area contributed by atoms with Gasteiger partial charge in [-0.05, 0) is 20.0 Å². The lowest BCUT2D eigenvalue weighted by atomic mass is 10.1. The summed E-state index contributed by atoms with van der Waals surface area (Å²) in [5.74, 6) is -0.495. The zero-order valence-corrected chi connectivity index (χ0v) is 10.5. The van der Waals surface area contributed by atoms with Crippen LogP contribution in [0.3, 0.4) is 0 Å². The Morgan fingerprint density at radius 2 is 2.00 bits per heavy atom. The summed E-state index contributed by atoms with van der Waals surface area (Å²) in [6.07, 6.45) is 0. The Hall–Kier alpha value is -1.42. The fraction of sp³-hybridized carbons (Fsp3) is 0.462. The highest BCUT2D eigenvalue weighted by molar-refractivity contribution is 5.78. The highest BCUT2D eigenvalue weighted by Gasteiger charge is 2.17. The summed E-state index contributed by atoms with van der Waals surface area (Å²) in [4.78, 5) is 11.8. The van der Waals surface area contributed by atoms with Gasteiger partial charge in [-0.2, -0.15) is 0 Å². The number of halogens is 1. The van der Waals surface area contributed by atoms with Gasteiger partial charge in [0.2, 0.25) is 5.91 Å². The maximum atomic E-state index is 13.5. The molecule has 1 aromatic rings. The van der Waals surface area contributed by atoms with E-state index >= 15 is 0 Å². The van der Waals surface area contributed by atoms with Crippen molar-refractivity contribution in [1.82, 2.24) is 10.6 Å². The minimum atomic E-state index is -0.317. The average Bonchev–Trinajstić information content (AvgIpc) is 2.29.